The number of fused-ring (bicyclic) bond motifs is 1. The Bertz CT molecular complexity index is 1290. The fourth-order valence-electron chi connectivity index (χ4n) is 4.09. The van der Waals surface area contributed by atoms with E-state index in [-0.39, 0.29) is 12.5 Å². The van der Waals surface area contributed by atoms with Gasteiger partial charge in [0.2, 0.25) is 5.91 Å². The van der Waals surface area contributed by atoms with Gasteiger partial charge in [-0.3, -0.25) is 9.69 Å². The van der Waals surface area contributed by atoms with Crippen LogP contribution in [0.3, 0.4) is 0 Å². The lowest BCUT2D eigenvalue weighted by atomic mass is 10.2. The van der Waals surface area contributed by atoms with Crippen molar-refractivity contribution in [1.82, 2.24) is 24.8 Å². The molecule has 1 saturated heterocycles. The Balaban J connectivity index is 1.28. The van der Waals surface area contributed by atoms with Crippen molar-refractivity contribution in [2.24, 2.45) is 0 Å². The number of aromatic amines is 1. The number of halogens is 1. The number of rotatable bonds is 8. The number of amides is 1. The summed E-state index contributed by atoms with van der Waals surface area (Å²) < 4.78 is 0. The molecule has 4 heterocycles. The van der Waals surface area contributed by atoms with E-state index in [1.807, 2.05) is 29.6 Å². The molecule has 0 bridgehead atoms. The number of pyridine rings is 1. The Morgan fingerprint density at radius 2 is 1.97 bits per heavy atom. The molecule has 12 heteroatoms. The first kappa shape index (κ1) is 23.5. The van der Waals surface area contributed by atoms with Crippen LogP contribution in [0.4, 0.5) is 16.5 Å². The van der Waals surface area contributed by atoms with E-state index in [1.165, 1.54) is 11.3 Å². The Hall–Kier alpha value is -3.25. The molecule has 0 radical (unpaired) electrons. The third-order valence-corrected chi connectivity index (χ3v) is 6.75. The molecular formula is C23H25ClN8O2S. The van der Waals surface area contributed by atoms with Crippen molar-refractivity contribution >= 4 is 56.5 Å². The smallest absolute Gasteiger partial charge is 0.240 e. The molecule has 10 nitrogen and oxygen atoms in total. The average Bonchev–Trinajstić information content (AvgIpc) is 3.54. The number of anilines is 3. The van der Waals surface area contributed by atoms with Crippen molar-refractivity contribution in [2.75, 3.05) is 61.4 Å². The number of carbonyl (C=O) groups excluding carboxylic acids is 1. The number of carbonyl (C=O) groups is 1. The van der Waals surface area contributed by atoms with Gasteiger partial charge in [0.15, 0.2) is 10.8 Å². The van der Waals surface area contributed by atoms with E-state index < -0.39 is 0 Å². The second-order valence-electron chi connectivity index (χ2n) is 8.12. The fourth-order valence-corrected chi connectivity index (χ4v) is 4.90. The van der Waals surface area contributed by atoms with Gasteiger partial charge in [-0.2, -0.15) is 0 Å². The predicted molar refractivity (Wildman–Crippen MR) is 139 cm³/mol. The lowest BCUT2D eigenvalue weighted by Gasteiger charge is -2.36. The van der Waals surface area contributed by atoms with Crippen LogP contribution in [-0.2, 0) is 4.79 Å². The second kappa shape index (κ2) is 10.6. The normalized spacial score (nSPS) is 14.4. The van der Waals surface area contributed by atoms with Crippen LogP contribution >= 0.6 is 22.9 Å². The first-order valence-corrected chi connectivity index (χ1v) is 12.5. The Kier molecular flexibility index (Phi) is 7.09. The SMILES string of the molecule is O=C(CN1CCN(c2c(Cl)cnc3nc(-c4ccc(NCCO)cc4)[nH]c23)CC1)Nc1nccs1. The highest BCUT2D eigenvalue weighted by atomic mass is 35.5. The van der Waals surface area contributed by atoms with Gasteiger partial charge in [0, 0.05) is 55.6 Å². The summed E-state index contributed by atoms with van der Waals surface area (Å²) in [6, 6.07) is 7.83. The molecule has 5 rings (SSSR count). The molecule has 1 aromatic carbocycles. The van der Waals surface area contributed by atoms with Crippen LogP contribution in [0.15, 0.2) is 42.0 Å². The number of thiazole rings is 1. The molecule has 0 saturated carbocycles. The molecular weight excluding hydrogens is 488 g/mol. The lowest BCUT2D eigenvalue weighted by Crippen LogP contribution is -2.48. The van der Waals surface area contributed by atoms with E-state index in [2.05, 4.69) is 40.4 Å². The minimum atomic E-state index is -0.0616. The maximum absolute atomic E-state index is 12.3. The standard InChI is InChI=1S/C23H25ClN8O2S/c24-17-13-27-22-19(29-21(30-22)15-1-3-16(4-2-15)25-5-11-33)20(17)32-9-7-31(8-10-32)14-18(34)28-23-26-6-12-35-23/h1-4,6,12-13,25,33H,5,7-11,14H2,(H,26,28,34)(H,27,29,30). The van der Waals surface area contributed by atoms with Crippen LogP contribution in [0, 0.1) is 0 Å². The summed E-state index contributed by atoms with van der Waals surface area (Å²) in [5.41, 5.74) is 4.13. The third-order valence-electron chi connectivity index (χ3n) is 5.78. The molecule has 1 fully saturated rings. The summed E-state index contributed by atoms with van der Waals surface area (Å²) in [7, 11) is 0. The van der Waals surface area contributed by atoms with Gasteiger partial charge in [-0.05, 0) is 24.3 Å². The van der Waals surface area contributed by atoms with Crippen molar-refractivity contribution in [3.63, 3.8) is 0 Å². The number of aliphatic hydroxyl groups excluding tert-OH is 1. The van der Waals surface area contributed by atoms with Crippen LogP contribution < -0.4 is 15.5 Å². The summed E-state index contributed by atoms with van der Waals surface area (Å²) in [4.78, 5) is 33.3. The van der Waals surface area contributed by atoms with E-state index in [0.29, 0.717) is 34.7 Å². The van der Waals surface area contributed by atoms with Gasteiger partial charge in [0.1, 0.15) is 11.3 Å². The van der Waals surface area contributed by atoms with E-state index in [1.54, 1.807) is 12.4 Å². The summed E-state index contributed by atoms with van der Waals surface area (Å²) >= 11 is 8.00. The van der Waals surface area contributed by atoms with Crippen molar-refractivity contribution < 1.29 is 9.90 Å². The summed E-state index contributed by atoms with van der Waals surface area (Å²) in [5, 5.41) is 18.0. The highest BCUT2D eigenvalue weighted by Crippen LogP contribution is 2.34. The van der Waals surface area contributed by atoms with Gasteiger partial charge in [0.05, 0.1) is 30.1 Å². The number of hydrogen-bond donors (Lipinski definition) is 4. The van der Waals surface area contributed by atoms with Gasteiger partial charge in [-0.15, -0.1) is 11.3 Å². The molecule has 0 spiro atoms. The minimum absolute atomic E-state index is 0.0616. The van der Waals surface area contributed by atoms with Crippen molar-refractivity contribution in [1.29, 1.82) is 0 Å². The second-order valence-corrected chi connectivity index (χ2v) is 9.42. The number of nitrogens with zero attached hydrogens (tertiary/aromatic N) is 5. The number of H-pyrrole nitrogens is 1. The topological polar surface area (TPSA) is 122 Å². The zero-order valence-corrected chi connectivity index (χ0v) is 20.4. The minimum Gasteiger partial charge on any atom is -0.395 e. The highest BCUT2D eigenvalue weighted by molar-refractivity contribution is 7.13. The monoisotopic (exact) mass is 512 g/mol. The third kappa shape index (κ3) is 5.38. The molecule has 3 aromatic heterocycles. The van der Waals surface area contributed by atoms with Crippen molar-refractivity contribution in [2.45, 2.75) is 0 Å². The molecule has 0 atom stereocenters. The van der Waals surface area contributed by atoms with Crippen molar-refractivity contribution in [3.05, 3.63) is 47.1 Å². The maximum atomic E-state index is 12.3. The van der Waals surface area contributed by atoms with Crippen LogP contribution in [0.5, 0.6) is 0 Å². The molecule has 182 valence electrons. The molecule has 1 aliphatic heterocycles. The van der Waals surface area contributed by atoms with Gasteiger partial charge in [-0.1, -0.05) is 11.6 Å². The Morgan fingerprint density at radius 3 is 2.69 bits per heavy atom. The van der Waals surface area contributed by atoms with E-state index in [4.69, 9.17) is 16.7 Å². The Labute approximate surface area is 211 Å². The molecule has 1 amide bonds. The van der Waals surface area contributed by atoms with Crippen LogP contribution in [-0.4, -0.2) is 81.7 Å². The van der Waals surface area contributed by atoms with Crippen LogP contribution in [0.1, 0.15) is 0 Å². The predicted octanol–water partition coefficient (Wildman–Crippen LogP) is 2.90. The van der Waals surface area contributed by atoms with Crippen molar-refractivity contribution in [3.8, 4) is 11.4 Å². The lowest BCUT2D eigenvalue weighted by molar-refractivity contribution is -0.117. The number of aliphatic hydroxyl groups is 1. The summed E-state index contributed by atoms with van der Waals surface area (Å²) in [6.07, 6.45) is 3.31. The molecule has 0 aliphatic carbocycles. The maximum Gasteiger partial charge on any atom is 0.240 e. The number of benzene rings is 1. The number of aromatic nitrogens is 4. The molecule has 4 N–H and O–H groups in total. The molecule has 0 unspecified atom stereocenters. The Morgan fingerprint density at radius 1 is 1.17 bits per heavy atom. The molecule has 4 aromatic rings. The van der Waals surface area contributed by atoms with Crippen LogP contribution in [0.25, 0.3) is 22.6 Å². The first-order valence-electron chi connectivity index (χ1n) is 11.3. The number of piperazine rings is 1. The van der Waals surface area contributed by atoms with E-state index in [9.17, 15) is 4.79 Å². The van der Waals surface area contributed by atoms with E-state index >= 15 is 0 Å². The van der Waals surface area contributed by atoms with E-state index in [0.717, 1.165) is 48.6 Å². The zero-order chi connectivity index (χ0) is 24.2. The number of nitrogens with one attached hydrogen (secondary N) is 3. The summed E-state index contributed by atoms with van der Waals surface area (Å²) in [5.74, 6) is 0.649. The highest BCUT2D eigenvalue weighted by Gasteiger charge is 2.24. The average molecular weight is 513 g/mol. The fraction of sp³-hybridized carbons (Fsp3) is 0.304. The number of hydrogen-bond acceptors (Lipinski definition) is 9. The van der Waals surface area contributed by atoms with Gasteiger partial charge >= 0.3 is 0 Å². The molecule has 35 heavy (non-hydrogen) atoms. The van der Waals surface area contributed by atoms with Crippen LogP contribution in [0.2, 0.25) is 5.02 Å². The van der Waals surface area contributed by atoms with Gasteiger partial charge in [0.25, 0.3) is 0 Å². The van der Waals surface area contributed by atoms with Gasteiger partial charge < -0.3 is 25.6 Å². The number of imidazole rings is 1. The molecule has 1 aliphatic rings. The largest absolute Gasteiger partial charge is 0.395 e. The zero-order valence-electron chi connectivity index (χ0n) is 18.9. The summed E-state index contributed by atoms with van der Waals surface area (Å²) in [6.45, 7) is 3.81. The first-order chi connectivity index (χ1) is 17.1. The quantitative estimate of drug-likeness (QED) is 0.284. The van der Waals surface area contributed by atoms with Gasteiger partial charge in [-0.25, -0.2) is 15.0 Å².